The summed E-state index contributed by atoms with van der Waals surface area (Å²) >= 11 is 6.33. The molecule has 4 aromatic carbocycles. The van der Waals surface area contributed by atoms with Crippen LogP contribution in [0.2, 0.25) is 5.02 Å². The molecule has 0 spiro atoms. The number of carbonyl (C=O) groups is 1. The van der Waals surface area contributed by atoms with Gasteiger partial charge in [-0.3, -0.25) is 4.79 Å². The average Bonchev–Trinajstić information content (AvgIpc) is 2.94. The van der Waals surface area contributed by atoms with Crippen LogP contribution >= 0.6 is 11.6 Å². The smallest absolute Gasteiger partial charge is 0.258 e. The molecule has 5 aromatic rings. The number of fused-ring (bicyclic) bond motifs is 2. The molecule has 0 saturated carbocycles. The lowest BCUT2D eigenvalue weighted by Gasteiger charge is -2.31. The van der Waals surface area contributed by atoms with Crippen LogP contribution in [0.3, 0.4) is 0 Å². The Morgan fingerprint density at radius 3 is 2.46 bits per heavy atom. The number of nitrogens with zero attached hydrogens (tertiary/aromatic N) is 2. The molecule has 0 N–H and O–H groups in total. The number of carbonyl (C=O) groups excluding carboxylic acids is 1. The Balaban J connectivity index is 1.43. The SMILES string of the molecule is COc1cc2c3c(cc4ccccc4c3c1OC)N(C(=O)c1cc[n+](Cc3ccccc3Cl)cc1)CC2. The summed E-state index contributed by atoms with van der Waals surface area (Å²) in [6.45, 7) is 1.22. The number of benzene rings is 4. The lowest BCUT2D eigenvalue weighted by molar-refractivity contribution is -0.688. The second-order valence-electron chi connectivity index (χ2n) is 9.20. The van der Waals surface area contributed by atoms with Gasteiger partial charge in [0.05, 0.1) is 30.5 Å². The minimum absolute atomic E-state index is 0.0260. The van der Waals surface area contributed by atoms with Crippen LogP contribution in [0.25, 0.3) is 21.5 Å². The molecule has 0 aliphatic carbocycles. The van der Waals surface area contributed by atoms with Crippen LogP contribution < -0.4 is 18.9 Å². The van der Waals surface area contributed by atoms with Gasteiger partial charge in [-0.2, -0.15) is 0 Å². The second-order valence-corrected chi connectivity index (χ2v) is 9.60. The van der Waals surface area contributed by atoms with E-state index in [4.69, 9.17) is 21.1 Å². The van der Waals surface area contributed by atoms with E-state index in [2.05, 4.69) is 18.2 Å². The van der Waals surface area contributed by atoms with Crippen LogP contribution in [0.15, 0.2) is 85.2 Å². The van der Waals surface area contributed by atoms with Gasteiger partial charge in [0.1, 0.15) is 0 Å². The number of hydrogen-bond acceptors (Lipinski definition) is 3. The summed E-state index contributed by atoms with van der Waals surface area (Å²) in [7, 11) is 3.32. The zero-order chi connectivity index (χ0) is 25.5. The highest BCUT2D eigenvalue weighted by molar-refractivity contribution is 6.31. The molecule has 1 aromatic heterocycles. The van der Waals surface area contributed by atoms with Crippen molar-refractivity contribution in [2.45, 2.75) is 13.0 Å². The Kier molecular flexibility index (Phi) is 5.93. The Hall–Kier alpha value is -4.09. The molecule has 1 aliphatic rings. The number of methoxy groups -OCH3 is 2. The molecule has 5 nitrogen and oxygen atoms in total. The van der Waals surface area contributed by atoms with Gasteiger partial charge in [-0.1, -0.05) is 54.1 Å². The highest BCUT2D eigenvalue weighted by atomic mass is 35.5. The standard InChI is InChI=1S/C31H26ClN2O3/c1-36-27-18-22-13-16-34(26-17-21-7-3-5-9-24(21)29(28(22)26)30(27)37-2)31(35)20-11-14-33(15-12-20)19-23-8-4-6-10-25(23)32/h3-12,14-15,17-18H,13,16,19H2,1-2H3/q+1. The predicted octanol–water partition coefficient (Wildman–Crippen LogP) is 6.20. The van der Waals surface area contributed by atoms with Crippen LogP contribution in [-0.4, -0.2) is 26.7 Å². The maximum Gasteiger partial charge on any atom is 0.258 e. The van der Waals surface area contributed by atoms with Crippen molar-refractivity contribution in [3.63, 3.8) is 0 Å². The molecule has 37 heavy (non-hydrogen) atoms. The first kappa shape index (κ1) is 23.3. The molecular formula is C31H26ClN2O3+. The summed E-state index contributed by atoms with van der Waals surface area (Å²) in [6.07, 6.45) is 4.59. The van der Waals surface area contributed by atoms with E-state index < -0.39 is 0 Å². The summed E-state index contributed by atoms with van der Waals surface area (Å²) in [5, 5.41) is 4.88. The zero-order valence-electron chi connectivity index (χ0n) is 20.7. The molecule has 1 amide bonds. The fourth-order valence-corrected chi connectivity index (χ4v) is 5.52. The van der Waals surface area contributed by atoms with Crippen molar-refractivity contribution in [2.75, 3.05) is 25.7 Å². The van der Waals surface area contributed by atoms with Crippen molar-refractivity contribution in [1.82, 2.24) is 0 Å². The van der Waals surface area contributed by atoms with Crippen molar-refractivity contribution in [3.8, 4) is 11.5 Å². The quantitative estimate of drug-likeness (QED) is 0.209. The topological polar surface area (TPSA) is 42.7 Å². The molecule has 0 unspecified atom stereocenters. The Labute approximate surface area is 220 Å². The summed E-state index contributed by atoms with van der Waals surface area (Å²) in [5.74, 6) is 1.37. The van der Waals surface area contributed by atoms with Gasteiger partial charge in [0.25, 0.3) is 5.91 Å². The number of rotatable bonds is 5. The van der Waals surface area contributed by atoms with E-state index in [1.54, 1.807) is 14.2 Å². The fourth-order valence-electron chi connectivity index (χ4n) is 5.33. The maximum absolute atomic E-state index is 13.8. The molecule has 0 atom stereocenters. The van der Waals surface area contributed by atoms with Gasteiger partial charge >= 0.3 is 0 Å². The average molecular weight is 510 g/mol. The van der Waals surface area contributed by atoms with Crippen molar-refractivity contribution < 1.29 is 18.8 Å². The molecule has 1 aliphatic heterocycles. The number of amides is 1. The summed E-state index contributed by atoms with van der Waals surface area (Å²) in [5.41, 5.74) is 3.72. The molecule has 184 valence electrons. The van der Waals surface area contributed by atoms with Crippen LogP contribution in [0, 0.1) is 0 Å². The van der Waals surface area contributed by atoms with Crippen molar-refractivity contribution in [3.05, 3.63) is 107 Å². The van der Waals surface area contributed by atoms with Gasteiger partial charge in [0, 0.05) is 35.0 Å². The molecule has 6 rings (SSSR count). The summed E-state index contributed by atoms with van der Waals surface area (Å²) in [4.78, 5) is 15.7. The van der Waals surface area contributed by atoms with Crippen molar-refractivity contribution >= 4 is 44.7 Å². The molecule has 2 heterocycles. The highest BCUT2D eigenvalue weighted by Gasteiger charge is 2.29. The number of pyridine rings is 1. The van der Waals surface area contributed by atoms with Gasteiger partial charge in [0.15, 0.2) is 30.4 Å². The number of halogens is 1. The van der Waals surface area contributed by atoms with Crippen LogP contribution in [0.1, 0.15) is 21.5 Å². The van der Waals surface area contributed by atoms with Gasteiger partial charge < -0.3 is 14.4 Å². The lowest BCUT2D eigenvalue weighted by Crippen LogP contribution is -2.37. The molecule has 0 bridgehead atoms. The minimum atomic E-state index is -0.0260. The van der Waals surface area contributed by atoms with E-state index in [0.29, 0.717) is 30.2 Å². The first-order chi connectivity index (χ1) is 18.1. The molecule has 6 heteroatoms. The highest BCUT2D eigenvalue weighted by Crippen LogP contribution is 2.47. The van der Waals surface area contributed by atoms with Gasteiger partial charge in [-0.25, -0.2) is 4.57 Å². The predicted molar refractivity (Wildman–Crippen MR) is 147 cm³/mol. The van der Waals surface area contributed by atoms with Crippen molar-refractivity contribution in [1.29, 1.82) is 0 Å². The van der Waals surface area contributed by atoms with E-state index in [1.807, 2.05) is 76.5 Å². The largest absolute Gasteiger partial charge is 0.493 e. The van der Waals surface area contributed by atoms with E-state index >= 15 is 0 Å². The van der Waals surface area contributed by atoms with Crippen molar-refractivity contribution in [2.24, 2.45) is 0 Å². The molecular weight excluding hydrogens is 484 g/mol. The Bertz CT molecular complexity index is 1660. The van der Waals surface area contributed by atoms with E-state index in [1.165, 1.54) is 0 Å². The zero-order valence-corrected chi connectivity index (χ0v) is 21.5. The van der Waals surface area contributed by atoms with E-state index in [-0.39, 0.29) is 5.91 Å². The summed E-state index contributed by atoms with van der Waals surface area (Å²) < 4.78 is 13.6. The summed E-state index contributed by atoms with van der Waals surface area (Å²) in [6, 6.07) is 23.9. The van der Waals surface area contributed by atoms with Gasteiger partial charge in [0.2, 0.25) is 0 Å². The minimum Gasteiger partial charge on any atom is -0.493 e. The third-order valence-corrected chi connectivity index (χ3v) is 7.49. The number of ether oxygens (including phenoxy) is 2. The number of hydrogen-bond donors (Lipinski definition) is 0. The maximum atomic E-state index is 13.8. The van der Waals surface area contributed by atoms with Crippen LogP contribution in [0.5, 0.6) is 11.5 Å². The second kappa shape index (κ2) is 9.41. The first-order valence-corrected chi connectivity index (χ1v) is 12.6. The van der Waals surface area contributed by atoms with E-state index in [9.17, 15) is 4.79 Å². The van der Waals surface area contributed by atoms with Crippen LogP contribution in [-0.2, 0) is 13.0 Å². The first-order valence-electron chi connectivity index (χ1n) is 12.2. The third-order valence-electron chi connectivity index (χ3n) is 7.12. The van der Waals surface area contributed by atoms with Gasteiger partial charge in [-0.15, -0.1) is 0 Å². The third kappa shape index (κ3) is 3.96. The monoisotopic (exact) mass is 509 g/mol. The normalized spacial score (nSPS) is 12.7. The van der Waals surface area contributed by atoms with Crippen LogP contribution in [0.4, 0.5) is 5.69 Å². The van der Waals surface area contributed by atoms with Gasteiger partial charge in [-0.05, 0) is 41.0 Å². The molecule has 0 fully saturated rings. The fraction of sp³-hybridized carbons (Fsp3) is 0.161. The molecule has 0 radical (unpaired) electrons. The Morgan fingerprint density at radius 2 is 1.70 bits per heavy atom. The number of anilines is 1. The Morgan fingerprint density at radius 1 is 0.946 bits per heavy atom. The van der Waals surface area contributed by atoms with E-state index in [0.717, 1.165) is 49.8 Å². The molecule has 0 saturated heterocycles. The lowest BCUT2D eigenvalue weighted by atomic mass is 9.90. The number of aromatic nitrogens is 1.